The zero-order valence-electron chi connectivity index (χ0n) is 13.1. The lowest BCUT2D eigenvalue weighted by atomic mass is 10.0. The van der Waals surface area contributed by atoms with Crippen molar-refractivity contribution in [1.29, 1.82) is 0 Å². The number of nitrogens with one attached hydrogen (secondary N) is 1. The molecule has 2 aromatic carbocycles. The summed E-state index contributed by atoms with van der Waals surface area (Å²) in [7, 11) is 0. The average molecular weight is 308 g/mol. The molecule has 0 saturated carbocycles. The van der Waals surface area contributed by atoms with Crippen LogP contribution in [0.4, 0.5) is 10.5 Å². The quantitative estimate of drug-likeness (QED) is 0.843. The highest BCUT2D eigenvalue weighted by atomic mass is 16.3. The molecule has 4 nitrogen and oxygen atoms in total. The van der Waals surface area contributed by atoms with Crippen LogP contribution in [0.1, 0.15) is 42.0 Å². The van der Waals surface area contributed by atoms with Gasteiger partial charge in [0.25, 0.3) is 0 Å². The highest BCUT2D eigenvalue weighted by Crippen LogP contribution is 2.38. The molecule has 0 fully saturated rings. The van der Waals surface area contributed by atoms with Gasteiger partial charge in [0.05, 0.1) is 6.04 Å². The molecule has 1 heterocycles. The molecule has 4 heteroatoms. The third-order valence-corrected chi connectivity index (χ3v) is 5.00. The number of amides is 2. The summed E-state index contributed by atoms with van der Waals surface area (Å²) < 4.78 is 0. The van der Waals surface area contributed by atoms with Gasteiger partial charge in [-0.05, 0) is 41.7 Å². The van der Waals surface area contributed by atoms with Crippen molar-refractivity contribution >= 4 is 11.7 Å². The van der Waals surface area contributed by atoms with E-state index >= 15 is 0 Å². The molecule has 0 bridgehead atoms. The van der Waals surface area contributed by atoms with Crippen molar-refractivity contribution in [1.82, 2.24) is 5.32 Å². The van der Waals surface area contributed by atoms with Gasteiger partial charge in [0, 0.05) is 18.2 Å². The number of fused-ring (bicyclic) bond motifs is 2. The van der Waals surface area contributed by atoms with Gasteiger partial charge in [0.15, 0.2) is 0 Å². The number of benzene rings is 2. The van der Waals surface area contributed by atoms with E-state index in [9.17, 15) is 9.90 Å². The number of carbonyl (C=O) groups excluding carboxylic acids is 1. The Labute approximate surface area is 135 Å². The molecule has 0 radical (unpaired) electrons. The Hall–Kier alpha value is -2.49. The van der Waals surface area contributed by atoms with E-state index in [1.54, 1.807) is 6.07 Å². The number of anilines is 1. The van der Waals surface area contributed by atoms with Gasteiger partial charge in [0.2, 0.25) is 0 Å². The molecule has 118 valence electrons. The minimum Gasteiger partial charge on any atom is -0.508 e. The van der Waals surface area contributed by atoms with Crippen LogP contribution in [-0.4, -0.2) is 17.7 Å². The van der Waals surface area contributed by atoms with Crippen molar-refractivity contribution in [2.24, 2.45) is 0 Å². The van der Waals surface area contributed by atoms with Crippen LogP contribution in [0.3, 0.4) is 0 Å². The van der Waals surface area contributed by atoms with E-state index < -0.39 is 0 Å². The Morgan fingerprint density at radius 3 is 2.83 bits per heavy atom. The molecule has 0 aromatic heterocycles. The van der Waals surface area contributed by atoms with Crippen LogP contribution >= 0.6 is 0 Å². The van der Waals surface area contributed by atoms with E-state index in [0.717, 1.165) is 29.7 Å². The highest BCUT2D eigenvalue weighted by molar-refractivity contribution is 5.95. The number of rotatable bonds is 1. The molecule has 2 aromatic rings. The van der Waals surface area contributed by atoms with Crippen LogP contribution in [-0.2, 0) is 6.42 Å². The number of phenolic OH excluding ortho intramolecular Hbond substituents is 1. The van der Waals surface area contributed by atoms with Crippen molar-refractivity contribution in [3.05, 3.63) is 59.2 Å². The van der Waals surface area contributed by atoms with Gasteiger partial charge in [-0.15, -0.1) is 0 Å². The molecule has 2 amide bonds. The maximum Gasteiger partial charge on any atom is 0.322 e. The summed E-state index contributed by atoms with van der Waals surface area (Å²) in [5, 5.41) is 13.1. The Morgan fingerprint density at radius 2 is 1.96 bits per heavy atom. The molecular weight excluding hydrogens is 288 g/mol. The first-order valence-corrected chi connectivity index (χ1v) is 8.13. The van der Waals surface area contributed by atoms with Gasteiger partial charge < -0.3 is 10.4 Å². The van der Waals surface area contributed by atoms with Crippen molar-refractivity contribution in [2.45, 2.75) is 31.7 Å². The number of hydrogen-bond acceptors (Lipinski definition) is 2. The number of aromatic hydroxyl groups is 1. The first-order chi connectivity index (χ1) is 11.1. The third kappa shape index (κ3) is 2.25. The van der Waals surface area contributed by atoms with Gasteiger partial charge in [-0.2, -0.15) is 0 Å². The summed E-state index contributed by atoms with van der Waals surface area (Å²) >= 11 is 0. The predicted molar refractivity (Wildman–Crippen MR) is 89.9 cm³/mol. The molecule has 4 rings (SSSR count). The SMILES string of the molecule is CC1CN(C(=O)NC2CCc3c(O)cccc32)c2ccccc21. The van der Waals surface area contributed by atoms with Crippen molar-refractivity contribution in [3.8, 4) is 5.75 Å². The van der Waals surface area contributed by atoms with E-state index in [-0.39, 0.29) is 12.1 Å². The fourth-order valence-corrected chi connectivity index (χ4v) is 3.82. The Morgan fingerprint density at radius 1 is 1.17 bits per heavy atom. The number of para-hydroxylation sites is 1. The summed E-state index contributed by atoms with van der Waals surface area (Å²) in [6, 6.07) is 13.6. The predicted octanol–water partition coefficient (Wildman–Crippen LogP) is 3.71. The van der Waals surface area contributed by atoms with E-state index in [1.165, 1.54) is 5.56 Å². The maximum absolute atomic E-state index is 12.8. The zero-order valence-corrected chi connectivity index (χ0v) is 13.1. The number of nitrogens with zero attached hydrogens (tertiary/aromatic N) is 1. The fraction of sp³-hybridized carbons (Fsp3) is 0.316. The topological polar surface area (TPSA) is 52.6 Å². The molecule has 1 aliphatic carbocycles. The highest BCUT2D eigenvalue weighted by Gasteiger charge is 2.32. The van der Waals surface area contributed by atoms with Crippen molar-refractivity contribution in [3.63, 3.8) is 0 Å². The molecule has 0 spiro atoms. The molecule has 2 unspecified atom stereocenters. The summed E-state index contributed by atoms with van der Waals surface area (Å²) in [6.45, 7) is 2.86. The van der Waals surface area contributed by atoms with Gasteiger partial charge >= 0.3 is 6.03 Å². The summed E-state index contributed by atoms with van der Waals surface area (Å²) in [5.41, 5.74) is 4.24. The van der Waals surface area contributed by atoms with E-state index in [4.69, 9.17) is 0 Å². The van der Waals surface area contributed by atoms with Gasteiger partial charge in [-0.3, -0.25) is 4.90 Å². The first-order valence-electron chi connectivity index (χ1n) is 8.13. The maximum atomic E-state index is 12.8. The molecular formula is C19H20N2O2. The van der Waals surface area contributed by atoms with Crippen molar-refractivity contribution < 1.29 is 9.90 Å². The normalized spacial score (nSPS) is 21.9. The number of phenols is 1. The zero-order chi connectivity index (χ0) is 16.0. The average Bonchev–Trinajstić information content (AvgIpc) is 3.11. The second-order valence-electron chi connectivity index (χ2n) is 6.46. The lowest BCUT2D eigenvalue weighted by Gasteiger charge is -2.22. The number of carbonyl (C=O) groups is 1. The van der Waals surface area contributed by atoms with Crippen LogP contribution in [0.2, 0.25) is 0 Å². The second kappa shape index (κ2) is 5.30. The van der Waals surface area contributed by atoms with E-state index in [2.05, 4.69) is 18.3 Å². The molecule has 2 N–H and O–H groups in total. The molecule has 2 atom stereocenters. The van der Waals surface area contributed by atoms with E-state index in [1.807, 2.05) is 35.2 Å². The van der Waals surface area contributed by atoms with Gasteiger partial charge in [0.1, 0.15) is 5.75 Å². The largest absolute Gasteiger partial charge is 0.508 e. The standard InChI is InChI=1S/C19H20N2O2/c1-12-11-21(17-7-3-2-5-13(12)17)19(23)20-16-10-9-15-14(16)6-4-8-18(15)22/h2-8,12,16,22H,9-11H2,1H3,(H,20,23). The second-order valence-corrected chi connectivity index (χ2v) is 6.46. The third-order valence-electron chi connectivity index (χ3n) is 5.00. The summed E-state index contributed by atoms with van der Waals surface area (Å²) in [4.78, 5) is 14.6. The fourth-order valence-electron chi connectivity index (χ4n) is 3.82. The lowest BCUT2D eigenvalue weighted by Crippen LogP contribution is -2.40. The number of urea groups is 1. The minimum atomic E-state index is -0.0528. The Bertz CT molecular complexity index is 772. The molecule has 1 aliphatic heterocycles. The van der Waals surface area contributed by atoms with Crippen LogP contribution in [0.25, 0.3) is 0 Å². The number of hydrogen-bond donors (Lipinski definition) is 2. The van der Waals surface area contributed by atoms with Crippen LogP contribution < -0.4 is 10.2 Å². The Kier molecular flexibility index (Phi) is 3.26. The minimum absolute atomic E-state index is 0.0207. The Balaban J connectivity index is 1.56. The van der Waals surface area contributed by atoms with Crippen LogP contribution in [0.5, 0.6) is 5.75 Å². The van der Waals surface area contributed by atoms with Crippen LogP contribution in [0.15, 0.2) is 42.5 Å². The summed E-state index contributed by atoms with van der Waals surface area (Å²) in [6.07, 6.45) is 1.64. The van der Waals surface area contributed by atoms with E-state index in [0.29, 0.717) is 18.2 Å². The molecule has 23 heavy (non-hydrogen) atoms. The van der Waals surface area contributed by atoms with Gasteiger partial charge in [-0.1, -0.05) is 37.3 Å². The molecule has 2 aliphatic rings. The van der Waals surface area contributed by atoms with Gasteiger partial charge in [-0.25, -0.2) is 4.79 Å². The van der Waals surface area contributed by atoms with Crippen molar-refractivity contribution in [2.75, 3.05) is 11.4 Å². The first kappa shape index (κ1) is 14.1. The lowest BCUT2D eigenvalue weighted by molar-refractivity contribution is 0.243. The van der Waals surface area contributed by atoms with Crippen LogP contribution in [0, 0.1) is 0 Å². The summed E-state index contributed by atoms with van der Waals surface area (Å²) in [5.74, 6) is 0.691. The smallest absolute Gasteiger partial charge is 0.322 e. The monoisotopic (exact) mass is 308 g/mol. The molecule has 0 saturated heterocycles.